The van der Waals surface area contributed by atoms with Gasteiger partial charge in [0.1, 0.15) is 0 Å². The summed E-state index contributed by atoms with van der Waals surface area (Å²) >= 11 is 0. The van der Waals surface area contributed by atoms with Crippen molar-refractivity contribution in [2.45, 2.75) is 32.1 Å². The number of likely N-dealkylation sites (tertiary alicyclic amines) is 2. The Bertz CT molecular complexity index is 1100. The Morgan fingerprint density at radius 2 is 1.62 bits per heavy atom. The molecule has 2 saturated heterocycles. The Morgan fingerprint density at radius 3 is 2.32 bits per heavy atom. The molecule has 0 saturated carbocycles. The number of carbonyl (C=O) groups excluding carboxylic acids is 3. The van der Waals surface area contributed by atoms with Crippen LogP contribution in [0.25, 0.3) is 0 Å². The van der Waals surface area contributed by atoms with Crippen LogP contribution < -0.4 is 9.47 Å². The number of amides is 2. The van der Waals surface area contributed by atoms with Crippen LogP contribution in [0.5, 0.6) is 11.5 Å². The fraction of sp³-hybridized carbons (Fsp3) is 0.483. The zero-order chi connectivity index (χ0) is 26.4. The van der Waals surface area contributed by atoms with E-state index in [1.807, 2.05) is 30.3 Å². The Balaban J connectivity index is 1.57. The fourth-order valence-corrected chi connectivity index (χ4v) is 5.45. The number of carbonyl (C=O) groups is 3. The molecule has 4 rings (SSSR count). The molecule has 8 heteroatoms. The highest BCUT2D eigenvalue weighted by molar-refractivity contribution is 5.95. The molecule has 0 radical (unpaired) electrons. The number of hydrogen-bond donors (Lipinski definition) is 0. The number of ether oxygens (including phenoxy) is 3. The van der Waals surface area contributed by atoms with Gasteiger partial charge in [0.15, 0.2) is 11.5 Å². The van der Waals surface area contributed by atoms with Gasteiger partial charge in [0.25, 0.3) is 5.91 Å². The number of methoxy groups -OCH3 is 2. The average Bonchev–Trinajstić information content (AvgIpc) is 2.96. The molecule has 0 spiro atoms. The lowest BCUT2D eigenvalue weighted by Gasteiger charge is -2.41. The van der Waals surface area contributed by atoms with Gasteiger partial charge in [0, 0.05) is 37.7 Å². The third-order valence-corrected chi connectivity index (χ3v) is 7.34. The maximum Gasteiger partial charge on any atom is 0.310 e. The van der Waals surface area contributed by atoms with Crippen LogP contribution in [0, 0.1) is 11.8 Å². The van der Waals surface area contributed by atoms with Gasteiger partial charge in [-0.25, -0.2) is 0 Å². The molecule has 37 heavy (non-hydrogen) atoms. The summed E-state index contributed by atoms with van der Waals surface area (Å²) < 4.78 is 15.9. The van der Waals surface area contributed by atoms with Gasteiger partial charge >= 0.3 is 5.97 Å². The first-order valence-corrected chi connectivity index (χ1v) is 13.0. The SMILES string of the molecule is CCOC(=O)[C@@H]1CCCN(C(=O)[C@@H]2C[C@@H](c3ccccc3)CN(C(=O)c3ccc(OC)c(OC)c3)C2)C1. The summed E-state index contributed by atoms with van der Waals surface area (Å²) in [4.78, 5) is 43.3. The lowest BCUT2D eigenvalue weighted by molar-refractivity contribution is -0.152. The van der Waals surface area contributed by atoms with Crippen LogP contribution in [0.3, 0.4) is 0 Å². The van der Waals surface area contributed by atoms with Crippen LogP contribution in [0.2, 0.25) is 0 Å². The first-order chi connectivity index (χ1) is 17.9. The molecule has 0 bridgehead atoms. The highest BCUT2D eigenvalue weighted by Crippen LogP contribution is 2.34. The predicted octanol–water partition coefficient (Wildman–Crippen LogP) is 3.75. The first-order valence-electron chi connectivity index (χ1n) is 13.0. The van der Waals surface area contributed by atoms with Gasteiger partial charge in [0.05, 0.1) is 32.7 Å². The maximum atomic E-state index is 13.7. The molecule has 2 fully saturated rings. The molecule has 2 aromatic rings. The third kappa shape index (κ3) is 6.06. The normalized spacial score (nSPS) is 21.8. The van der Waals surface area contributed by atoms with E-state index in [-0.39, 0.29) is 35.5 Å². The van der Waals surface area contributed by atoms with Crippen molar-refractivity contribution in [2.24, 2.45) is 11.8 Å². The third-order valence-electron chi connectivity index (χ3n) is 7.34. The summed E-state index contributed by atoms with van der Waals surface area (Å²) in [6.45, 7) is 3.96. The Hall–Kier alpha value is -3.55. The van der Waals surface area contributed by atoms with E-state index >= 15 is 0 Å². The quantitative estimate of drug-likeness (QED) is 0.530. The van der Waals surface area contributed by atoms with E-state index in [1.165, 1.54) is 7.11 Å². The van der Waals surface area contributed by atoms with Gasteiger partial charge in [-0.1, -0.05) is 30.3 Å². The highest BCUT2D eigenvalue weighted by Gasteiger charge is 2.39. The molecule has 3 atom stereocenters. The second-order valence-corrected chi connectivity index (χ2v) is 9.70. The van der Waals surface area contributed by atoms with Crippen molar-refractivity contribution in [3.8, 4) is 11.5 Å². The predicted molar refractivity (Wildman–Crippen MR) is 139 cm³/mol. The first kappa shape index (κ1) is 26.5. The van der Waals surface area contributed by atoms with Gasteiger partial charge in [0.2, 0.25) is 5.91 Å². The minimum Gasteiger partial charge on any atom is -0.493 e. The maximum absolute atomic E-state index is 13.7. The van der Waals surface area contributed by atoms with Crippen molar-refractivity contribution in [1.82, 2.24) is 9.80 Å². The second kappa shape index (κ2) is 12.1. The lowest BCUT2D eigenvalue weighted by Crippen LogP contribution is -2.51. The van der Waals surface area contributed by atoms with E-state index in [0.717, 1.165) is 18.4 Å². The van der Waals surface area contributed by atoms with Gasteiger partial charge in [-0.05, 0) is 49.9 Å². The summed E-state index contributed by atoms with van der Waals surface area (Å²) in [6, 6.07) is 15.1. The van der Waals surface area contributed by atoms with Crippen molar-refractivity contribution in [1.29, 1.82) is 0 Å². The molecule has 0 aliphatic carbocycles. The van der Waals surface area contributed by atoms with E-state index in [1.54, 1.807) is 42.0 Å². The molecule has 8 nitrogen and oxygen atoms in total. The number of benzene rings is 2. The summed E-state index contributed by atoms with van der Waals surface area (Å²) in [5.74, 6) is 0.0154. The van der Waals surface area contributed by atoms with Crippen LogP contribution >= 0.6 is 0 Å². The van der Waals surface area contributed by atoms with E-state index in [2.05, 4.69) is 0 Å². The molecule has 0 unspecified atom stereocenters. The zero-order valence-electron chi connectivity index (χ0n) is 21.9. The van der Waals surface area contributed by atoms with E-state index in [9.17, 15) is 14.4 Å². The number of nitrogens with zero attached hydrogens (tertiary/aromatic N) is 2. The van der Waals surface area contributed by atoms with Crippen molar-refractivity contribution < 1.29 is 28.6 Å². The molecule has 2 aliphatic heterocycles. The smallest absolute Gasteiger partial charge is 0.310 e. The second-order valence-electron chi connectivity index (χ2n) is 9.70. The van der Waals surface area contributed by atoms with Crippen molar-refractivity contribution in [3.05, 3.63) is 59.7 Å². The van der Waals surface area contributed by atoms with Crippen molar-refractivity contribution in [3.63, 3.8) is 0 Å². The minimum atomic E-state index is -0.357. The van der Waals surface area contributed by atoms with Crippen LogP contribution in [0.15, 0.2) is 48.5 Å². The highest BCUT2D eigenvalue weighted by atomic mass is 16.5. The van der Waals surface area contributed by atoms with Crippen molar-refractivity contribution >= 4 is 17.8 Å². The van der Waals surface area contributed by atoms with Crippen molar-refractivity contribution in [2.75, 3.05) is 47.0 Å². The molecule has 2 heterocycles. The fourth-order valence-electron chi connectivity index (χ4n) is 5.45. The van der Waals surface area contributed by atoms with Gasteiger partial charge in [-0.2, -0.15) is 0 Å². The molecule has 0 N–H and O–H groups in total. The molecule has 0 aromatic heterocycles. The topological polar surface area (TPSA) is 85.4 Å². The van der Waals surface area contributed by atoms with Crippen LogP contribution in [-0.2, 0) is 14.3 Å². The molecule has 2 aromatic carbocycles. The van der Waals surface area contributed by atoms with Crippen LogP contribution in [-0.4, -0.2) is 74.6 Å². The van der Waals surface area contributed by atoms with Gasteiger partial charge in [-0.3, -0.25) is 14.4 Å². The Kier molecular flexibility index (Phi) is 8.69. The lowest BCUT2D eigenvalue weighted by atomic mass is 9.83. The van der Waals surface area contributed by atoms with E-state index in [0.29, 0.717) is 56.3 Å². The monoisotopic (exact) mass is 508 g/mol. The molecular weight excluding hydrogens is 472 g/mol. The van der Waals surface area contributed by atoms with Gasteiger partial charge < -0.3 is 24.0 Å². The number of rotatable bonds is 7. The number of esters is 1. The molecule has 2 aliphatic rings. The summed E-state index contributed by atoms with van der Waals surface area (Å²) in [7, 11) is 3.09. The molecule has 2 amide bonds. The average molecular weight is 509 g/mol. The van der Waals surface area contributed by atoms with Crippen LogP contribution in [0.4, 0.5) is 0 Å². The summed E-state index contributed by atoms with van der Waals surface area (Å²) in [6.07, 6.45) is 2.14. The summed E-state index contributed by atoms with van der Waals surface area (Å²) in [5.41, 5.74) is 1.59. The number of hydrogen-bond acceptors (Lipinski definition) is 6. The summed E-state index contributed by atoms with van der Waals surface area (Å²) in [5, 5.41) is 0. The zero-order valence-corrected chi connectivity index (χ0v) is 21.9. The Morgan fingerprint density at radius 1 is 0.892 bits per heavy atom. The molecular formula is C29H36N2O6. The minimum absolute atomic E-state index is 0.000240. The van der Waals surface area contributed by atoms with Crippen LogP contribution in [0.1, 0.15) is 48.0 Å². The van der Waals surface area contributed by atoms with E-state index in [4.69, 9.17) is 14.2 Å². The standard InChI is InChI=1S/C29H36N2O6/c1-4-37-29(34)22-11-8-14-30(17-22)28(33)24-15-23(20-9-6-5-7-10-20)18-31(19-24)27(32)21-12-13-25(35-2)26(16-21)36-3/h5-7,9-10,12-13,16,22-24H,4,8,11,14-15,17-19H2,1-3H3/t22-,23-,24-/m1/s1. The number of piperidine rings is 2. The van der Waals surface area contributed by atoms with Gasteiger partial charge in [-0.15, -0.1) is 0 Å². The largest absolute Gasteiger partial charge is 0.493 e. The Labute approximate surface area is 218 Å². The van der Waals surface area contributed by atoms with E-state index < -0.39 is 0 Å². The molecule has 198 valence electrons.